The Hall–Kier alpha value is -2.56. The number of nitrogens with zero attached hydrogens (tertiary/aromatic N) is 1. The maximum absolute atomic E-state index is 12.3. The van der Waals surface area contributed by atoms with E-state index in [4.69, 9.17) is 4.74 Å². The van der Waals surface area contributed by atoms with Gasteiger partial charge in [-0.1, -0.05) is 12.1 Å². The molecule has 0 bridgehead atoms. The zero-order valence-corrected chi connectivity index (χ0v) is 13.1. The maximum Gasteiger partial charge on any atom is 0.274 e. The molecule has 22 heavy (non-hydrogen) atoms. The van der Waals surface area contributed by atoms with Crippen LogP contribution in [-0.4, -0.2) is 23.5 Å². The number of hydrogen-bond donors (Lipinski definition) is 2. The van der Waals surface area contributed by atoms with E-state index in [0.29, 0.717) is 29.8 Å². The molecule has 5 nitrogen and oxygen atoms in total. The Morgan fingerprint density at radius 1 is 1.23 bits per heavy atom. The summed E-state index contributed by atoms with van der Waals surface area (Å²) >= 11 is 0. The van der Waals surface area contributed by atoms with E-state index in [1.165, 1.54) is 0 Å². The molecule has 0 spiro atoms. The Morgan fingerprint density at radius 3 is 2.64 bits per heavy atom. The van der Waals surface area contributed by atoms with Gasteiger partial charge in [0, 0.05) is 6.04 Å². The first-order valence-electron chi connectivity index (χ1n) is 7.36. The van der Waals surface area contributed by atoms with E-state index in [1.807, 2.05) is 45.0 Å². The van der Waals surface area contributed by atoms with E-state index in [2.05, 4.69) is 15.6 Å². The van der Waals surface area contributed by atoms with Crippen molar-refractivity contribution in [1.29, 1.82) is 0 Å². The molecule has 5 heteroatoms. The van der Waals surface area contributed by atoms with Crippen LogP contribution in [0.25, 0.3) is 0 Å². The van der Waals surface area contributed by atoms with Crippen molar-refractivity contribution in [1.82, 2.24) is 4.98 Å². The number of amides is 1. The van der Waals surface area contributed by atoms with Crippen molar-refractivity contribution in [2.75, 3.05) is 17.2 Å². The summed E-state index contributed by atoms with van der Waals surface area (Å²) in [6.07, 6.45) is 1.66. The largest absolute Gasteiger partial charge is 0.492 e. The fourth-order valence-corrected chi connectivity index (χ4v) is 1.98. The molecule has 1 aromatic heterocycles. The molecule has 1 heterocycles. The normalized spacial score (nSPS) is 10.4. The summed E-state index contributed by atoms with van der Waals surface area (Å²) in [5.74, 6) is 0.389. The van der Waals surface area contributed by atoms with Crippen LogP contribution in [0.15, 0.2) is 42.6 Å². The molecule has 0 aliphatic heterocycles. The summed E-state index contributed by atoms with van der Waals surface area (Å²) in [4.78, 5) is 16.4. The molecule has 2 N–H and O–H groups in total. The molecule has 0 aliphatic carbocycles. The molecule has 1 aromatic carbocycles. The van der Waals surface area contributed by atoms with Gasteiger partial charge in [-0.05, 0) is 45.0 Å². The molecule has 1 amide bonds. The number of ether oxygens (including phenoxy) is 1. The molecule has 0 saturated carbocycles. The molecular weight excluding hydrogens is 278 g/mol. The topological polar surface area (TPSA) is 63.2 Å². The lowest BCUT2D eigenvalue weighted by molar-refractivity contribution is 0.102. The zero-order valence-electron chi connectivity index (χ0n) is 13.1. The average Bonchev–Trinajstić information content (AvgIpc) is 2.49. The van der Waals surface area contributed by atoms with E-state index in [0.717, 1.165) is 5.69 Å². The SMILES string of the molecule is CCOc1ccccc1NC(=O)c1ccc(NC(C)C)cn1. The Bertz CT molecular complexity index is 624. The zero-order chi connectivity index (χ0) is 15.9. The fraction of sp³-hybridized carbons (Fsp3) is 0.294. The standard InChI is InChI=1S/C17H21N3O2/c1-4-22-16-8-6-5-7-14(16)20-17(21)15-10-9-13(11-18-15)19-12(2)3/h5-12,19H,4H2,1-3H3,(H,20,21). The minimum Gasteiger partial charge on any atom is -0.492 e. The highest BCUT2D eigenvalue weighted by Crippen LogP contribution is 2.24. The minimum absolute atomic E-state index is 0.261. The van der Waals surface area contributed by atoms with Gasteiger partial charge in [0.2, 0.25) is 0 Å². The van der Waals surface area contributed by atoms with Gasteiger partial charge in [-0.3, -0.25) is 4.79 Å². The molecule has 2 aromatic rings. The number of pyridine rings is 1. The highest BCUT2D eigenvalue weighted by molar-refractivity contribution is 6.03. The number of carbonyl (C=O) groups excluding carboxylic acids is 1. The molecule has 0 radical (unpaired) electrons. The highest BCUT2D eigenvalue weighted by Gasteiger charge is 2.11. The maximum atomic E-state index is 12.3. The first-order chi connectivity index (χ1) is 10.6. The van der Waals surface area contributed by atoms with E-state index < -0.39 is 0 Å². The molecule has 0 aliphatic rings. The van der Waals surface area contributed by atoms with Gasteiger partial charge >= 0.3 is 0 Å². The monoisotopic (exact) mass is 299 g/mol. The lowest BCUT2D eigenvalue weighted by Crippen LogP contribution is -2.15. The Morgan fingerprint density at radius 2 is 2.00 bits per heavy atom. The van der Waals surface area contributed by atoms with Crippen LogP contribution >= 0.6 is 0 Å². The summed E-state index contributed by atoms with van der Waals surface area (Å²) < 4.78 is 5.49. The number of nitrogens with one attached hydrogen (secondary N) is 2. The van der Waals surface area contributed by atoms with Crippen LogP contribution in [0, 0.1) is 0 Å². The van der Waals surface area contributed by atoms with Crippen molar-refractivity contribution >= 4 is 17.3 Å². The molecule has 0 fully saturated rings. The molecule has 0 atom stereocenters. The first-order valence-corrected chi connectivity index (χ1v) is 7.36. The number of hydrogen-bond acceptors (Lipinski definition) is 4. The van der Waals surface area contributed by atoms with Crippen LogP contribution in [0.3, 0.4) is 0 Å². The second kappa shape index (κ2) is 7.45. The third-order valence-electron chi connectivity index (χ3n) is 2.89. The third-order valence-corrected chi connectivity index (χ3v) is 2.89. The highest BCUT2D eigenvalue weighted by atomic mass is 16.5. The second-order valence-corrected chi connectivity index (χ2v) is 5.11. The Kier molecular flexibility index (Phi) is 5.36. The van der Waals surface area contributed by atoms with Gasteiger partial charge in [0.25, 0.3) is 5.91 Å². The van der Waals surface area contributed by atoms with Gasteiger partial charge in [0.15, 0.2) is 0 Å². The van der Waals surface area contributed by atoms with E-state index in [1.54, 1.807) is 18.3 Å². The average molecular weight is 299 g/mol. The summed E-state index contributed by atoms with van der Waals surface area (Å²) in [5.41, 5.74) is 1.89. The first kappa shape index (κ1) is 15.8. The van der Waals surface area contributed by atoms with Gasteiger partial charge in [0.1, 0.15) is 11.4 Å². The molecule has 0 saturated heterocycles. The summed E-state index contributed by atoms with van der Waals surface area (Å²) in [6.45, 7) is 6.54. The third kappa shape index (κ3) is 4.22. The lowest BCUT2D eigenvalue weighted by atomic mass is 10.2. The molecular formula is C17H21N3O2. The van der Waals surface area contributed by atoms with Gasteiger partial charge in [0.05, 0.1) is 24.2 Å². The number of rotatable bonds is 6. The van der Waals surface area contributed by atoms with Gasteiger partial charge in [-0.2, -0.15) is 0 Å². The quantitative estimate of drug-likeness (QED) is 0.856. The Balaban J connectivity index is 2.09. The van der Waals surface area contributed by atoms with Gasteiger partial charge in [-0.15, -0.1) is 0 Å². The van der Waals surface area contributed by atoms with Crippen molar-refractivity contribution in [2.24, 2.45) is 0 Å². The lowest BCUT2D eigenvalue weighted by Gasteiger charge is -2.12. The van der Waals surface area contributed by atoms with E-state index in [9.17, 15) is 4.79 Å². The summed E-state index contributed by atoms with van der Waals surface area (Å²) in [6, 6.07) is 11.2. The van der Waals surface area contributed by atoms with E-state index >= 15 is 0 Å². The van der Waals surface area contributed by atoms with Gasteiger partial charge < -0.3 is 15.4 Å². The van der Waals surface area contributed by atoms with Crippen LogP contribution in [0.2, 0.25) is 0 Å². The fourth-order valence-electron chi connectivity index (χ4n) is 1.98. The summed E-state index contributed by atoms with van der Waals surface area (Å²) in [7, 11) is 0. The summed E-state index contributed by atoms with van der Waals surface area (Å²) in [5, 5.41) is 6.06. The van der Waals surface area contributed by atoms with Crippen molar-refractivity contribution in [3.8, 4) is 5.75 Å². The molecule has 2 rings (SSSR count). The number of aromatic nitrogens is 1. The van der Waals surface area contributed by atoms with Crippen molar-refractivity contribution in [3.63, 3.8) is 0 Å². The van der Waals surface area contributed by atoms with E-state index in [-0.39, 0.29) is 5.91 Å². The predicted octanol–water partition coefficient (Wildman–Crippen LogP) is 3.55. The smallest absolute Gasteiger partial charge is 0.274 e. The Labute approximate surface area is 130 Å². The number of anilines is 2. The van der Waals surface area contributed by atoms with Gasteiger partial charge in [-0.25, -0.2) is 4.98 Å². The van der Waals surface area contributed by atoms with Crippen molar-refractivity contribution in [2.45, 2.75) is 26.8 Å². The number of benzene rings is 1. The van der Waals surface area contributed by atoms with Crippen LogP contribution in [0.4, 0.5) is 11.4 Å². The predicted molar refractivity (Wildman–Crippen MR) is 88.6 cm³/mol. The van der Waals surface area contributed by atoms with Crippen LogP contribution < -0.4 is 15.4 Å². The molecule has 116 valence electrons. The minimum atomic E-state index is -0.261. The van der Waals surface area contributed by atoms with Crippen molar-refractivity contribution in [3.05, 3.63) is 48.3 Å². The number of para-hydroxylation sites is 2. The number of carbonyl (C=O) groups is 1. The van der Waals surface area contributed by atoms with Crippen LogP contribution in [0.1, 0.15) is 31.3 Å². The van der Waals surface area contributed by atoms with Crippen molar-refractivity contribution < 1.29 is 9.53 Å². The van der Waals surface area contributed by atoms with Crippen LogP contribution in [0.5, 0.6) is 5.75 Å². The second-order valence-electron chi connectivity index (χ2n) is 5.11. The molecule has 0 unspecified atom stereocenters. The van der Waals surface area contributed by atoms with Crippen LogP contribution in [-0.2, 0) is 0 Å².